The third-order valence-electron chi connectivity index (χ3n) is 4.20. The molecule has 2 fully saturated rings. The molecule has 150 valence electrons. The van der Waals surface area contributed by atoms with Crippen molar-refractivity contribution in [2.24, 2.45) is 4.99 Å². The predicted molar refractivity (Wildman–Crippen MR) is 105 cm³/mol. The van der Waals surface area contributed by atoms with Crippen molar-refractivity contribution >= 4 is 41.9 Å². The first-order valence-corrected chi connectivity index (χ1v) is 8.63. The normalized spacial score (nSPS) is 19.5. The first-order chi connectivity index (χ1) is 12.0. The van der Waals surface area contributed by atoms with Crippen LogP contribution in [0.15, 0.2) is 4.99 Å². The van der Waals surface area contributed by atoms with E-state index in [1.807, 2.05) is 6.92 Å². The van der Waals surface area contributed by atoms with Crippen LogP contribution in [-0.4, -0.2) is 86.0 Å². The Morgan fingerprint density at radius 3 is 2.58 bits per heavy atom. The number of imide groups is 1. The molecule has 0 saturated carbocycles. The van der Waals surface area contributed by atoms with Gasteiger partial charge in [0.1, 0.15) is 0 Å². The Hall–Kier alpha value is -1.24. The molecule has 0 unspecified atom stereocenters. The van der Waals surface area contributed by atoms with Gasteiger partial charge in [0.2, 0.25) is 5.91 Å². The van der Waals surface area contributed by atoms with Gasteiger partial charge in [0.15, 0.2) is 5.96 Å². The molecule has 2 rings (SSSR count). The number of carbonyl (C=O) groups excluding carboxylic acids is 2. The largest absolute Gasteiger partial charge is 0.357 e. The molecule has 0 atom stereocenters. The molecule has 2 aliphatic heterocycles. The minimum absolute atomic E-state index is 0. The quantitative estimate of drug-likeness (QED) is 0.210. The van der Waals surface area contributed by atoms with Gasteiger partial charge in [-0.3, -0.25) is 19.6 Å². The van der Waals surface area contributed by atoms with Gasteiger partial charge in [0.25, 0.3) is 6.43 Å². The maximum atomic E-state index is 12.4. The summed E-state index contributed by atoms with van der Waals surface area (Å²) in [6.45, 7) is 4.28. The lowest BCUT2D eigenvalue weighted by atomic mass is 10.1. The molecule has 3 N–H and O–H groups in total. The van der Waals surface area contributed by atoms with Crippen molar-refractivity contribution in [2.45, 2.75) is 32.2 Å². The SMILES string of the molecule is CCNC(=NCCN1C(=O)CNC1=O)NC1CCN(CC(F)F)CC1.I. The van der Waals surface area contributed by atoms with Crippen LogP contribution in [0.5, 0.6) is 0 Å². The number of urea groups is 1. The number of aliphatic imine (C=N–C) groups is 1. The summed E-state index contributed by atoms with van der Waals surface area (Å²) < 4.78 is 24.8. The number of piperidine rings is 1. The summed E-state index contributed by atoms with van der Waals surface area (Å²) in [5.41, 5.74) is 0. The van der Waals surface area contributed by atoms with Crippen molar-refractivity contribution in [1.29, 1.82) is 0 Å². The van der Waals surface area contributed by atoms with E-state index in [0.29, 0.717) is 32.1 Å². The summed E-state index contributed by atoms with van der Waals surface area (Å²) in [7, 11) is 0. The number of hydrogen-bond donors (Lipinski definition) is 3. The van der Waals surface area contributed by atoms with Crippen LogP contribution in [-0.2, 0) is 4.79 Å². The van der Waals surface area contributed by atoms with Crippen LogP contribution in [0.3, 0.4) is 0 Å². The zero-order valence-corrected chi connectivity index (χ0v) is 17.2. The van der Waals surface area contributed by atoms with Gasteiger partial charge in [-0.05, 0) is 19.8 Å². The first kappa shape index (κ1) is 22.8. The summed E-state index contributed by atoms with van der Waals surface area (Å²) in [5.74, 6) is 0.367. The van der Waals surface area contributed by atoms with E-state index in [1.54, 1.807) is 4.90 Å². The number of likely N-dealkylation sites (tertiary alicyclic amines) is 1. The Morgan fingerprint density at radius 2 is 2.04 bits per heavy atom. The Bertz CT molecular complexity index is 485. The molecule has 11 heteroatoms. The highest BCUT2D eigenvalue weighted by atomic mass is 127. The van der Waals surface area contributed by atoms with Crippen molar-refractivity contribution in [2.75, 3.05) is 45.8 Å². The average molecular weight is 488 g/mol. The van der Waals surface area contributed by atoms with Gasteiger partial charge >= 0.3 is 6.03 Å². The molecule has 0 aromatic carbocycles. The van der Waals surface area contributed by atoms with Crippen molar-refractivity contribution in [1.82, 2.24) is 25.8 Å². The molecule has 0 spiro atoms. The molecule has 0 bridgehead atoms. The molecule has 26 heavy (non-hydrogen) atoms. The summed E-state index contributed by atoms with van der Waals surface area (Å²) >= 11 is 0. The number of nitrogens with one attached hydrogen (secondary N) is 3. The number of hydrogen-bond acceptors (Lipinski definition) is 4. The van der Waals surface area contributed by atoms with Crippen molar-refractivity contribution in [3.05, 3.63) is 0 Å². The number of nitrogens with zero attached hydrogens (tertiary/aromatic N) is 3. The fourth-order valence-electron chi connectivity index (χ4n) is 2.91. The fourth-order valence-corrected chi connectivity index (χ4v) is 2.91. The molecule has 0 aromatic rings. The standard InChI is InChI=1S/C15H26F2N6O2.HI/c1-2-18-14(19-5-8-23-13(24)9-20-15(23)25)21-11-3-6-22(7-4-11)10-12(16)17;/h11-12H,2-10H2,1H3,(H,20,25)(H2,18,19,21);1H. The van der Waals surface area contributed by atoms with Gasteiger partial charge in [0.05, 0.1) is 26.2 Å². The molecule has 2 saturated heterocycles. The predicted octanol–water partition coefficient (Wildman–Crippen LogP) is 0.441. The van der Waals surface area contributed by atoms with Gasteiger partial charge in [-0.25, -0.2) is 13.6 Å². The van der Waals surface area contributed by atoms with E-state index in [0.717, 1.165) is 17.7 Å². The van der Waals surface area contributed by atoms with E-state index in [4.69, 9.17) is 0 Å². The van der Waals surface area contributed by atoms with Crippen LogP contribution >= 0.6 is 24.0 Å². The molecule has 2 aliphatic rings. The number of carbonyl (C=O) groups is 2. The van der Waals surface area contributed by atoms with Crippen molar-refractivity contribution < 1.29 is 18.4 Å². The van der Waals surface area contributed by atoms with Crippen LogP contribution in [0.1, 0.15) is 19.8 Å². The third-order valence-corrected chi connectivity index (χ3v) is 4.20. The molecular formula is C15H27F2IN6O2. The molecule has 8 nitrogen and oxygen atoms in total. The Labute approximate surface area is 169 Å². The highest BCUT2D eigenvalue weighted by molar-refractivity contribution is 14.0. The topological polar surface area (TPSA) is 89.1 Å². The number of halogens is 3. The van der Waals surface area contributed by atoms with Gasteiger partial charge in [-0.1, -0.05) is 0 Å². The molecule has 3 amide bonds. The van der Waals surface area contributed by atoms with E-state index in [-0.39, 0.29) is 61.6 Å². The van der Waals surface area contributed by atoms with Crippen molar-refractivity contribution in [3.8, 4) is 0 Å². The van der Waals surface area contributed by atoms with E-state index >= 15 is 0 Å². The lowest BCUT2D eigenvalue weighted by Gasteiger charge is -2.32. The number of alkyl halides is 2. The molecule has 2 heterocycles. The van der Waals surface area contributed by atoms with Gasteiger partial charge < -0.3 is 16.0 Å². The smallest absolute Gasteiger partial charge is 0.324 e. The maximum absolute atomic E-state index is 12.4. The lowest BCUT2D eigenvalue weighted by molar-refractivity contribution is -0.124. The first-order valence-electron chi connectivity index (χ1n) is 8.63. The Morgan fingerprint density at radius 1 is 1.35 bits per heavy atom. The van der Waals surface area contributed by atoms with E-state index in [2.05, 4.69) is 20.9 Å². The summed E-state index contributed by atoms with van der Waals surface area (Å²) in [6.07, 6.45) is -0.761. The van der Waals surface area contributed by atoms with Crippen LogP contribution in [0.4, 0.5) is 13.6 Å². The van der Waals surface area contributed by atoms with E-state index in [1.165, 1.54) is 0 Å². The molecule has 0 aliphatic carbocycles. The molecule has 0 aromatic heterocycles. The second-order valence-corrected chi connectivity index (χ2v) is 6.08. The number of rotatable bonds is 7. The van der Waals surface area contributed by atoms with Gasteiger partial charge in [-0.15, -0.1) is 24.0 Å². The number of guanidine groups is 1. The average Bonchev–Trinajstić information content (AvgIpc) is 2.88. The summed E-state index contributed by atoms with van der Waals surface area (Å²) in [4.78, 5) is 30.3. The minimum Gasteiger partial charge on any atom is -0.357 e. The summed E-state index contributed by atoms with van der Waals surface area (Å²) in [5, 5.41) is 8.89. The van der Waals surface area contributed by atoms with Crippen LogP contribution < -0.4 is 16.0 Å². The van der Waals surface area contributed by atoms with Gasteiger partial charge in [-0.2, -0.15) is 0 Å². The zero-order chi connectivity index (χ0) is 18.2. The van der Waals surface area contributed by atoms with Crippen molar-refractivity contribution in [3.63, 3.8) is 0 Å². The maximum Gasteiger partial charge on any atom is 0.324 e. The van der Waals surface area contributed by atoms with Crippen LogP contribution in [0.25, 0.3) is 0 Å². The zero-order valence-electron chi connectivity index (χ0n) is 14.8. The summed E-state index contributed by atoms with van der Waals surface area (Å²) in [6, 6.07) is -0.215. The van der Waals surface area contributed by atoms with Crippen LogP contribution in [0, 0.1) is 0 Å². The third kappa shape index (κ3) is 7.17. The van der Waals surface area contributed by atoms with Crippen LogP contribution in [0.2, 0.25) is 0 Å². The Balaban J connectivity index is 0.00000338. The van der Waals surface area contributed by atoms with E-state index in [9.17, 15) is 18.4 Å². The number of amides is 3. The molecular weight excluding hydrogens is 461 g/mol. The monoisotopic (exact) mass is 488 g/mol. The second-order valence-electron chi connectivity index (χ2n) is 6.08. The molecule has 0 radical (unpaired) electrons. The minimum atomic E-state index is -2.30. The fraction of sp³-hybridized carbons (Fsp3) is 0.800. The Kier molecular flexibility index (Phi) is 10.1. The van der Waals surface area contributed by atoms with Gasteiger partial charge in [0, 0.05) is 25.7 Å². The highest BCUT2D eigenvalue weighted by Gasteiger charge is 2.27. The van der Waals surface area contributed by atoms with E-state index < -0.39 is 6.43 Å². The lowest BCUT2D eigenvalue weighted by Crippen LogP contribution is -2.49. The highest BCUT2D eigenvalue weighted by Crippen LogP contribution is 2.11. The second kappa shape index (κ2) is 11.5.